The van der Waals surface area contributed by atoms with Gasteiger partial charge < -0.3 is 23.9 Å². The molecule has 1 amide bonds. The summed E-state index contributed by atoms with van der Waals surface area (Å²) in [5, 5.41) is 5.73. The van der Waals surface area contributed by atoms with Crippen molar-refractivity contribution in [1.29, 1.82) is 0 Å². The highest BCUT2D eigenvalue weighted by Crippen LogP contribution is 2.34. The fourth-order valence-electron chi connectivity index (χ4n) is 4.76. The topological polar surface area (TPSA) is 87.0 Å². The number of carbonyl (C=O) groups excluding carboxylic acids is 2. The molecule has 0 fully saturated rings. The lowest BCUT2D eigenvalue weighted by Gasteiger charge is -2.19. The lowest BCUT2D eigenvalue weighted by Crippen LogP contribution is -2.32. The summed E-state index contributed by atoms with van der Waals surface area (Å²) in [6.07, 6.45) is 1.33. The van der Waals surface area contributed by atoms with Crippen molar-refractivity contribution in [2.24, 2.45) is 0 Å². The van der Waals surface area contributed by atoms with Crippen LogP contribution in [0.15, 0.2) is 89.5 Å². The quantitative estimate of drug-likeness (QED) is 0.200. The Morgan fingerprint density at radius 3 is 2.51 bits per heavy atom. The van der Waals surface area contributed by atoms with Crippen LogP contribution in [0.2, 0.25) is 0 Å². The summed E-state index contributed by atoms with van der Waals surface area (Å²) in [6, 6.07) is 25.8. The average molecular weight is 552 g/mol. The van der Waals surface area contributed by atoms with Gasteiger partial charge in [0, 0.05) is 28.4 Å². The SMILES string of the molecule is COC(=O)Cc1ccc2ccccc2c1OCc1cc(-c2cccc(CNC(=O)OC(C)(C)C)c2)c2occc2c1. The molecule has 0 aliphatic rings. The molecule has 1 aromatic heterocycles. The number of rotatable bonds is 8. The predicted molar refractivity (Wildman–Crippen MR) is 159 cm³/mol. The van der Waals surface area contributed by atoms with Crippen molar-refractivity contribution in [3.63, 3.8) is 0 Å². The van der Waals surface area contributed by atoms with E-state index in [1.54, 1.807) is 6.26 Å². The monoisotopic (exact) mass is 551 g/mol. The zero-order valence-electron chi connectivity index (χ0n) is 23.7. The van der Waals surface area contributed by atoms with E-state index < -0.39 is 11.7 Å². The van der Waals surface area contributed by atoms with Gasteiger partial charge in [-0.2, -0.15) is 0 Å². The summed E-state index contributed by atoms with van der Waals surface area (Å²) in [4.78, 5) is 24.3. The third kappa shape index (κ3) is 6.69. The minimum absolute atomic E-state index is 0.118. The van der Waals surface area contributed by atoms with Gasteiger partial charge in [0.25, 0.3) is 0 Å². The second-order valence-electron chi connectivity index (χ2n) is 10.9. The highest BCUT2D eigenvalue weighted by atomic mass is 16.6. The fraction of sp³-hybridized carbons (Fsp3) is 0.235. The number of amides is 1. The molecule has 4 aromatic carbocycles. The summed E-state index contributed by atoms with van der Waals surface area (Å²) >= 11 is 0. The fourth-order valence-corrected chi connectivity index (χ4v) is 4.76. The van der Waals surface area contributed by atoms with Crippen LogP contribution in [0.3, 0.4) is 0 Å². The molecule has 7 nitrogen and oxygen atoms in total. The number of hydrogen-bond donors (Lipinski definition) is 1. The van der Waals surface area contributed by atoms with Gasteiger partial charge in [-0.05, 0) is 67.1 Å². The van der Waals surface area contributed by atoms with Gasteiger partial charge in [-0.3, -0.25) is 4.79 Å². The van der Waals surface area contributed by atoms with E-state index in [0.29, 0.717) is 12.3 Å². The molecule has 0 radical (unpaired) electrons. The first-order valence-corrected chi connectivity index (χ1v) is 13.5. The molecule has 7 heteroatoms. The van der Waals surface area contributed by atoms with Gasteiger partial charge in [0.1, 0.15) is 23.5 Å². The maximum absolute atomic E-state index is 12.2. The molecule has 0 unspecified atom stereocenters. The number of carbonyl (C=O) groups is 2. The van der Waals surface area contributed by atoms with E-state index in [0.717, 1.165) is 49.6 Å². The Morgan fingerprint density at radius 2 is 1.71 bits per heavy atom. The van der Waals surface area contributed by atoms with Crippen molar-refractivity contribution < 1.29 is 28.2 Å². The maximum atomic E-state index is 12.2. The largest absolute Gasteiger partial charge is 0.488 e. The lowest BCUT2D eigenvalue weighted by atomic mass is 9.99. The third-order valence-corrected chi connectivity index (χ3v) is 6.59. The summed E-state index contributed by atoms with van der Waals surface area (Å²) in [5.41, 5.74) is 4.71. The van der Waals surface area contributed by atoms with Crippen LogP contribution in [-0.4, -0.2) is 24.8 Å². The Kier molecular flexibility index (Phi) is 7.97. The summed E-state index contributed by atoms with van der Waals surface area (Å²) in [7, 11) is 1.38. The predicted octanol–water partition coefficient (Wildman–Crippen LogP) is 7.57. The van der Waals surface area contributed by atoms with Gasteiger partial charge >= 0.3 is 12.1 Å². The third-order valence-electron chi connectivity index (χ3n) is 6.59. The number of ether oxygens (including phenoxy) is 3. The first-order chi connectivity index (χ1) is 19.7. The molecule has 0 atom stereocenters. The first-order valence-electron chi connectivity index (χ1n) is 13.5. The molecular weight excluding hydrogens is 518 g/mol. The molecule has 0 aliphatic heterocycles. The molecule has 1 heterocycles. The van der Waals surface area contributed by atoms with E-state index >= 15 is 0 Å². The first kappa shape index (κ1) is 27.8. The van der Waals surface area contributed by atoms with Crippen molar-refractivity contribution in [3.8, 4) is 16.9 Å². The molecule has 1 N–H and O–H groups in total. The van der Waals surface area contributed by atoms with Crippen LogP contribution in [0.4, 0.5) is 4.79 Å². The van der Waals surface area contributed by atoms with Gasteiger partial charge in [-0.15, -0.1) is 0 Å². The lowest BCUT2D eigenvalue weighted by molar-refractivity contribution is -0.139. The maximum Gasteiger partial charge on any atom is 0.407 e. The highest BCUT2D eigenvalue weighted by Gasteiger charge is 2.17. The van der Waals surface area contributed by atoms with E-state index in [1.807, 2.05) is 93.6 Å². The van der Waals surface area contributed by atoms with Gasteiger partial charge in [-0.25, -0.2) is 4.79 Å². The van der Waals surface area contributed by atoms with Crippen LogP contribution >= 0.6 is 0 Å². The second-order valence-corrected chi connectivity index (χ2v) is 10.9. The summed E-state index contributed by atoms with van der Waals surface area (Å²) in [5.74, 6) is 0.339. The average Bonchev–Trinajstić information content (AvgIpc) is 3.43. The van der Waals surface area contributed by atoms with Crippen LogP contribution in [0.25, 0.3) is 32.9 Å². The number of fused-ring (bicyclic) bond motifs is 2. The van der Waals surface area contributed by atoms with E-state index in [2.05, 4.69) is 11.4 Å². The van der Waals surface area contributed by atoms with Crippen molar-refractivity contribution in [2.45, 2.75) is 45.9 Å². The normalized spacial score (nSPS) is 11.4. The Labute approximate surface area is 239 Å². The summed E-state index contributed by atoms with van der Waals surface area (Å²) in [6.45, 7) is 6.11. The number of esters is 1. The molecule has 0 bridgehead atoms. The van der Waals surface area contributed by atoms with Gasteiger partial charge in [-0.1, -0.05) is 54.6 Å². The molecule has 0 saturated heterocycles. The van der Waals surface area contributed by atoms with E-state index in [-0.39, 0.29) is 19.0 Å². The van der Waals surface area contributed by atoms with Crippen LogP contribution in [-0.2, 0) is 33.8 Å². The Bertz CT molecular complexity index is 1710. The Hall–Kier alpha value is -4.78. The standard InChI is InChI=1S/C34H33NO6/c1-34(2,3)41-33(37)35-20-22-8-7-10-25(16-22)29-18-23(17-27-14-15-39-32(27)29)21-40-31-26(19-30(36)38-4)13-12-24-9-5-6-11-28(24)31/h5-18H,19-21H2,1-4H3,(H,35,37). The zero-order chi connectivity index (χ0) is 29.0. The number of hydrogen-bond acceptors (Lipinski definition) is 6. The molecule has 0 saturated carbocycles. The van der Waals surface area contributed by atoms with Crippen molar-refractivity contribution >= 4 is 33.8 Å². The molecule has 41 heavy (non-hydrogen) atoms. The van der Waals surface area contributed by atoms with Gasteiger partial charge in [0.15, 0.2) is 0 Å². The van der Waals surface area contributed by atoms with Crippen LogP contribution in [0.5, 0.6) is 5.75 Å². The number of alkyl carbamates (subject to hydrolysis) is 1. The van der Waals surface area contributed by atoms with E-state index in [4.69, 9.17) is 18.6 Å². The number of furan rings is 1. The minimum Gasteiger partial charge on any atom is -0.488 e. The minimum atomic E-state index is -0.564. The number of methoxy groups -OCH3 is 1. The van der Waals surface area contributed by atoms with Crippen LogP contribution in [0, 0.1) is 0 Å². The van der Waals surface area contributed by atoms with Crippen LogP contribution in [0.1, 0.15) is 37.5 Å². The van der Waals surface area contributed by atoms with Crippen LogP contribution < -0.4 is 10.1 Å². The van der Waals surface area contributed by atoms with Gasteiger partial charge in [0.05, 0.1) is 19.8 Å². The number of benzene rings is 4. The van der Waals surface area contributed by atoms with Crippen molar-refractivity contribution in [2.75, 3.05) is 7.11 Å². The van der Waals surface area contributed by atoms with Gasteiger partial charge in [0.2, 0.25) is 0 Å². The Morgan fingerprint density at radius 1 is 0.878 bits per heavy atom. The van der Waals surface area contributed by atoms with Crippen molar-refractivity contribution in [3.05, 3.63) is 102 Å². The molecular formula is C34H33NO6. The smallest absolute Gasteiger partial charge is 0.407 e. The molecule has 5 rings (SSSR count). The second kappa shape index (κ2) is 11.8. The molecule has 0 aliphatic carbocycles. The summed E-state index contributed by atoms with van der Waals surface area (Å²) < 4.78 is 22.6. The van der Waals surface area contributed by atoms with E-state index in [1.165, 1.54) is 7.11 Å². The van der Waals surface area contributed by atoms with E-state index in [9.17, 15) is 9.59 Å². The molecule has 210 valence electrons. The zero-order valence-corrected chi connectivity index (χ0v) is 23.7. The Balaban J connectivity index is 1.43. The molecule has 0 spiro atoms. The molecule has 5 aromatic rings. The highest BCUT2D eigenvalue weighted by molar-refractivity contribution is 5.93. The number of nitrogens with one attached hydrogen (secondary N) is 1. The van der Waals surface area contributed by atoms with Crippen molar-refractivity contribution in [1.82, 2.24) is 5.32 Å².